The number of aromatic nitrogens is 3. The average Bonchev–Trinajstić information content (AvgIpc) is 3.25. The van der Waals surface area contributed by atoms with E-state index in [4.69, 9.17) is 4.52 Å². The van der Waals surface area contributed by atoms with Crippen molar-refractivity contribution < 1.29 is 27.2 Å². The van der Waals surface area contributed by atoms with E-state index in [9.17, 15) is 18.0 Å². The minimum Gasteiger partial charge on any atom is -0.404 e. The minimum absolute atomic E-state index is 0.0186. The van der Waals surface area contributed by atoms with Gasteiger partial charge >= 0.3 is 12.4 Å². The third-order valence-corrected chi connectivity index (χ3v) is 4.82. The predicted octanol–water partition coefficient (Wildman–Crippen LogP) is 4.44. The molecule has 3 aromatic rings. The maximum absolute atomic E-state index is 12.6. The Bertz CT molecular complexity index is 1030. The van der Waals surface area contributed by atoms with Crippen LogP contribution in [0, 0.1) is 0 Å². The summed E-state index contributed by atoms with van der Waals surface area (Å²) in [6.07, 6.45) is -2.05. The first-order valence-corrected chi connectivity index (χ1v) is 9.55. The number of amides is 2. The number of alkyl halides is 3. The Hall–Kier alpha value is -3.63. The molecule has 2 aromatic heterocycles. The number of rotatable bonds is 4. The van der Waals surface area contributed by atoms with Gasteiger partial charge < -0.3 is 19.5 Å². The average molecular weight is 433 g/mol. The van der Waals surface area contributed by atoms with Crippen molar-refractivity contribution in [1.29, 1.82) is 0 Å². The quantitative estimate of drug-likeness (QED) is 0.654. The highest BCUT2D eigenvalue weighted by Crippen LogP contribution is 2.31. The molecule has 4 rings (SSSR count). The number of carbonyl (C=O) groups excluding carboxylic acids is 1. The van der Waals surface area contributed by atoms with Gasteiger partial charge in [-0.05, 0) is 37.1 Å². The van der Waals surface area contributed by atoms with Gasteiger partial charge in [-0.3, -0.25) is 4.98 Å². The third-order valence-electron chi connectivity index (χ3n) is 4.82. The molecule has 0 spiro atoms. The van der Waals surface area contributed by atoms with Gasteiger partial charge in [0.2, 0.25) is 11.7 Å². The molecule has 0 bridgehead atoms. The van der Waals surface area contributed by atoms with Gasteiger partial charge in [0.25, 0.3) is 0 Å². The van der Waals surface area contributed by atoms with Crippen molar-refractivity contribution in [2.24, 2.45) is 0 Å². The van der Waals surface area contributed by atoms with Crippen LogP contribution in [-0.2, 0) is 0 Å². The van der Waals surface area contributed by atoms with E-state index in [1.165, 1.54) is 23.1 Å². The van der Waals surface area contributed by atoms with Crippen LogP contribution in [-0.4, -0.2) is 45.5 Å². The smallest absolute Gasteiger partial charge is 0.404 e. The van der Waals surface area contributed by atoms with Crippen molar-refractivity contribution in [3.8, 4) is 17.3 Å². The normalized spacial score (nSPS) is 15.0. The van der Waals surface area contributed by atoms with Crippen molar-refractivity contribution in [2.75, 3.05) is 18.4 Å². The van der Waals surface area contributed by atoms with Crippen molar-refractivity contribution in [1.82, 2.24) is 20.0 Å². The number of ether oxygens (including phenoxy) is 1. The van der Waals surface area contributed by atoms with Crippen molar-refractivity contribution in [2.45, 2.75) is 25.1 Å². The lowest BCUT2D eigenvalue weighted by molar-refractivity contribution is -0.274. The highest BCUT2D eigenvalue weighted by molar-refractivity contribution is 5.91. The topological polar surface area (TPSA) is 93.4 Å². The molecule has 8 nitrogen and oxygen atoms in total. The number of para-hydroxylation sites is 2. The van der Waals surface area contributed by atoms with E-state index >= 15 is 0 Å². The zero-order valence-corrected chi connectivity index (χ0v) is 16.2. The lowest BCUT2D eigenvalue weighted by Crippen LogP contribution is -2.40. The summed E-state index contributed by atoms with van der Waals surface area (Å²) in [5.41, 5.74) is 0.554. The molecule has 1 fully saturated rings. The molecule has 1 saturated heterocycles. The number of hydrogen-bond donors (Lipinski definition) is 1. The first-order valence-electron chi connectivity index (χ1n) is 9.55. The molecule has 0 saturated carbocycles. The monoisotopic (exact) mass is 433 g/mol. The maximum Gasteiger partial charge on any atom is 0.573 e. The first-order chi connectivity index (χ1) is 14.9. The summed E-state index contributed by atoms with van der Waals surface area (Å²) in [5, 5.41) is 6.45. The lowest BCUT2D eigenvalue weighted by atomic mass is 9.97. The molecule has 1 N–H and O–H groups in total. The zero-order valence-electron chi connectivity index (χ0n) is 16.2. The highest BCUT2D eigenvalue weighted by Gasteiger charge is 2.33. The number of urea groups is 1. The number of nitrogens with one attached hydrogen (secondary N) is 1. The summed E-state index contributed by atoms with van der Waals surface area (Å²) in [6.45, 7) is 0.778. The number of benzene rings is 1. The molecule has 1 aromatic carbocycles. The summed E-state index contributed by atoms with van der Waals surface area (Å²) < 4.78 is 47.0. The maximum atomic E-state index is 12.6. The number of pyridine rings is 1. The second kappa shape index (κ2) is 8.62. The van der Waals surface area contributed by atoms with Gasteiger partial charge in [-0.25, -0.2) is 4.79 Å². The zero-order chi connectivity index (χ0) is 21.8. The molecule has 0 aliphatic carbocycles. The predicted molar refractivity (Wildman–Crippen MR) is 103 cm³/mol. The van der Waals surface area contributed by atoms with Crippen LogP contribution in [0.25, 0.3) is 11.5 Å². The third kappa shape index (κ3) is 5.11. The van der Waals surface area contributed by atoms with E-state index in [2.05, 4.69) is 25.2 Å². The second-order valence-electron chi connectivity index (χ2n) is 6.91. The fraction of sp³-hybridized carbons (Fsp3) is 0.300. The molecule has 2 amide bonds. The van der Waals surface area contributed by atoms with Crippen LogP contribution in [0.4, 0.5) is 23.7 Å². The van der Waals surface area contributed by atoms with E-state index in [0.29, 0.717) is 43.3 Å². The van der Waals surface area contributed by atoms with Crippen LogP contribution in [0.15, 0.2) is 53.2 Å². The Balaban J connectivity index is 1.35. The molecule has 0 radical (unpaired) electrons. The highest BCUT2D eigenvalue weighted by atomic mass is 19.4. The fourth-order valence-electron chi connectivity index (χ4n) is 3.31. The first kappa shape index (κ1) is 20.6. The van der Waals surface area contributed by atoms with Crippen LogP contribution < -0.4 is 10.1 Å². The number of anilines is 1. The Morgan fingerprint density at radius 2 is 1.87 bits per heavy atom. The minimum atomic E-state index is -4.85. The van der Waals surface area contributed by atoms with Crippen LogP contribution in [0.2, 0.25) is 0 Å². The molecular formula is C20H18F3N5O3. The lowest BCUT2D eigenvalue weighted by Gasteiger charge is -2.30. The summed E-state index contributed by atoms with van der Waals surface area (Å²) in [6, 6.07) is 10.3. The summed E-state index contributed by atoms with van der Waals surface area (Å²) in [5.74, 6) is 0.391. The Morgan fingerprint density at radius 3 is 2.58 bits per heavy atom. The van der Waals surface area contributed by atoms with Gasteiger partial charge in [0.05, 0.1) is 5.69 Å². The second-order valence-corrected chi connectivity index (χ2v) is 6.91. The standard InChI is InChI=1S/C20H18F3N5O3/c21-20(22,23)30-16-7-2-1-5-14(16)25-19(29)28-11-8-13(9-12-28)18-26-17(27-31-18)15-6-3-4-10-24-15/h1-7,10,13H,8-9,11-12H2,(H,25,29). The molecule has 0 atom stereocenters. The molecular weight excluding hydrogens is 415 g/mol. The Kier molecular flexibility index (Phi) is 5.74. The van der Waals surface area contributed by atoms with Gasteiger partial charge in [0.15, 0.2) is 5.75 Å². The van der Waals surface area contributed by atoms with Crippen LogP contribution in [0.3, 0.4) is 0 Å². The van der Waals surface area contributed by atoms with Gasteiger partial charge in [-0.1, -0.05) is 23.4 Å². The van der Waals surface area contributed by atoms with Crippen molar-refractivity contribution in [3.63, 3.8) is 0 Å². The van der Waals surface area contributed by atoms with Gasteiger partial charge in [-0.2, -0.15) is 4.98 Å². The van der Waals surface area contributed by atoms with E-state index < -0.39 is 18.1 Å². The number of carbonyl (C=O) groups is 1. The largest absolute Gasteiger partial charge is 0.573 e. The number of piperidine rings is 1. The number of hydrogen-bond acceptors (Lipinski definition) is 6. The van der Waals surface area contributed by atoms with E-state index in [1.54, 1.807) is 18.3 Å². The van der Waals surface area contributed by atoms with Gasteiger partial charge in [0.1, 0.15) is 5.69 Å². The van der Waals surface area contributed by atoms with Crippen molar-refractivity contribution in [3.05, 3.63) is 54.6 Å². The molecule has 1 aliphatic heterocycles. The Labute approximate surface area is 175 Å². The summed E-state index contributed by atoms with van der Waals surface area (Å²) in [4.78, 5) is 22.7. The SMILES string of the molecule is O=C(Nc1ccccc1OC(F)(F)F)N1CCC(c2nc(-c3ccccn3)no2)CC1. The molecule has 11 heteroatoms. The van der Waals surface area contributed by atoms with Crippen LogP contribution >= 0.6 is 0 Å². The number of likely N-dealkylation sites (tertiary alicyclic amines) is 1. The van der Waals surface area contributed by atoms with Gasteiger partial charge in [0, 0.05) is 25.2 Å². The number of halogens is 3. The van der Waals surface area contributed by atoms with Crippen LogP contribution in [0.5, 0.6) is 5.75 Å². The van der Waals surface area contributed by atoms with Crippen LogP contribution in [0.1, 0.15) is 24.7 Å². The molecule has 3 heterocycles. The molecule has 162 valence electrons. The van der Waals surface area contributed by atoms with Gasteiger partial charge in [-0.15, -0.1) is 13.2 Å². The fourth-order valence-corrected chi connectivity index (χ4v) is 3.31. The van der Waals surface area contributed by atoms with E-state index in [-0.39, 0.29) is 11.6 Å². The molecule has 0 unspecified atom stereocenters. The van der Waals surface area contributed by atoms with Crippen molar-refractivity contribution >= 4 is 11.7 Å². The van der Waals surface area contributed by atoms with E-state index in [0.717, 1.165) is 6.07 Å². The molecule has 31 heavy (non-hydrogen) atoms. The van der Waals surface area contributed by atoms with E-state index in [1.807, 2.05) is 6.07 Å². The Morgan fingerprint density at radius 1 is 1.13 bits per heavy atom. The summed E-state index contributed by atoms with van der Waals surface area (Å²) in [7, 11) is 0. The number of nitrogens with zero attached hydrogens (tertiary/aromatic N) is 4. The molecule has 1 aliphatic rings. The summed E-state index contributed by atoms with van der Waals surface area (Å²) >= 11 is 0.